The highest BCUT2D eigenvalue weighted by Crippen LogP contribution is 2.14. The van der Waals surface area contributed by atoms with Crippen LogP contribution in [-0.2, 0) is 11.2 Å². The number of hydrogen-bond acceptors (Lipinski definition) is 4. The molecule has 2 saturated heterocycles. The van der Waals surface area contributed by atoms with Gasteiger partial charge in [0, 0.05) is 52.2 Å². The molecule has 0 bridgehead atoms. The average molecular weight is 348 g/mol. The average Bonchev–Trinajstić information content (AvgIpc) is 3.34. The Hall–Kier alpha value is -2.02. The van der Waals surface area contributed by atoms with E-state index in [-0.39, 0.29) is 18.0 Å². The van der Waals surface area contributed by atoms with Crippen LogP contribution in [0.25, 0.3) is 0 Å². The Labute approximate surface area is 148 Å². The number of hydrogen-bond donors (Lipinski definition) is 1. The molecule has 1 aromatic rings. The van der Waals surface area contributed by atoms with Gasteiger partial charge in [-0.3, -0.25) is 9.69 Å². The molecule has 1 aromatic heterocycles. The van der Waals surface area contributed by atoms with Crippen molar-refractivity contribution in [3.8, 4) is 0 Å². The number of urea groups is 1. The molecular formula is C18H28N4O3. The van der Waals surface area contributed by atoms with Crippen LogP contribution in [0.1, 0.15) is 25.5 Å². The van der Waals surface area contributed by atoms with Gasteiger partial charge in [-0.05, 0) is 31.9 Å². The second-order valence-corrected chi connectivity index (χ2v) is 6.79. The number of amides is 3. The molecule has 0 spiro atoms. The number of likely N-dealkylation sites (tertiary alicyclic amines) is 1. The van der Waals surface area contributed by atoms with Gasteiger partial charge in [0.05, 0.1) is 12.3 Å². The zero-order valence-corrected chi connectivity index (χ0v) is 14.9. The van der Waals surface area contributed by atoms with Crippen molar-refractivity contribution in [2.24, 2.45) is 0 Å². The summed E-state index contributed by atoms with van der Waals surface area (Å²) in [5, 5.41) is 2.94. The first-order chi connectivity index (χ1) is 12.1. The predicted molar refractivity (Wildman–Crippen MR) is 94.2 cm³/mol. The summed E-state index contributed by atoms with van der Waals surface area (Å²) in [7, 11) is 0. The van der Waals surface area contributed by atoms with Crippen molar-refractivity contribution in [2.45, 2.75) is 32.2 Å². The summed E-state index contributed by atoms with van der Waals surface area (Å²) < 4.78 is 5.26. The maximum absolute atomic E-state index is 12.5. The van der Waals surface area contributed by atoms with Crippen LogP contribution in [0.4, 0.5) is 4.79 Å². The number of nitrogens with zero attached hydrogens (tertiary/aromatic N) is 3. The molecule has 3 amide bonds. The van der Waals surface area contributed by atoms with Gasteiger partial charge < -0.3 is 19.5 Å². The highest BCUT2D eigenvalue weighted by molar-refractivity contribution is 5.81. The molecule has 3 heterocycles. The van der Waals surface area contributed by atoms with Crippen molar-refractivity contribution in [3.63, 3.8) is 0 Å². The van der Waals surface area contributed by atoms with Crippen molar-refractivity contribution in [2.75, 3.05) is 45.8 Å². The number of rotatable bonds is 5. The van der Waals surface area contributed by atoms with Crippen molar-refractivity contribution >= 4 is 11.9 Å². The lowest BCUT2D eigenvalue weighted by Gasteiger charge is -2.38. The second kappa shape index (κ2) is 8.38. The predicted octanol–water partition coefficient (Wildman–Crippen LogP) is 1.16. The molecule has 25 heavy (non-hydrogen) atoms. The van der Waals surface area contributed by atoms with E-state index in [1.165, 1.54) is 0 Å². The summed E-state index contributed by atoms with van der Waals surface area (Å²) in [5.41, 5.74) is 0. The summed E-state index contributed by atoms with van der Waals surface area (Å²) in [6, 6.07) is 3.62. The number of nitrogens with one attached hydrogen (secondary N) is 1. The second-order valence-electron chi connectivity index (χ2n) is 6.79. The summed E-state index contributed by atoms with van der Waals surface area (Å²) in [5.74, 6) is 1.10. The molecule has 2 aliphatic heterocycles. The third-order valence-corrected chi connectivity index (χ3v) is 5.15. The third-order valence-electron chi connectivity index (χ3n) is 5.15. The maximum Gasteiger partial charge on any atom is 0.317 e. The molecule has 1 unspecified atom stereocenters. The zero-order chi connectivity index (χ0) is 17.6. The van der Waals surface area contributed by atoms with Gasteiger partial charge in [-0.1, -0.05) is 0 Å². The van der Waals surface area contributed by atoms with E-state index in [4.69, 9.17) is 4.42 Å². The van der Waals surface area contributed by atoms with E-state index in [2.05, 4.69) is 10.2 Å². The van der Waals surface area contributed by atoms with Crippen LogP contribution in [0.5, 0.6) is 0 Å². The van der Waals surface area contributed by atoms with Crippen LogP contribution in [0.3, 0.4) is 0 Å². The molecule has 0 radical (unpaired) electrons. The third kappa shape index (κ3) is 4.54. The summed E-state index contributed by atoms with van der Waals surface area (Å²) in [4.78, 5) is 30.7. The summed E-state index contributed by atoms with van der Waals surface area (Å²) in [6.07, 6.45) is 4.57. The SMILES string of the molecule is CC(C(=O)N1CCCC1)N1CCN(C(=O)NCCc2ccco2)CC1. The fourth-order valence-corrected chi connectivity index (χ4v) is 3.53. The number of piperazine rings is 1. The van der Waals surface area contributed by atoms with Crippen molar-refractivity contribution in [3.05, 3.63) is 24.2 Å². The molecule has 0 aromatic carbocycles. The van der Waals surface area contributed by atoms with Gasteiger partial charge >= 0.3 is 6.03 Å². The maximum atomic E-state index is 12.5. The Bertz CT molecular complexity index is 561. The van der Waals surface area contributed by atoms with Crippen molar-refractivity contribution in [1.82, 2.24) is 20.0 Å². The topological polar surface area (TPSA) is 69.0 Å². The van der Waals surface area contributed by atoms with Crippen LogP contribution in [0.15, 0.2) is 22.8 Å². The van der Waals surface area contributed by atoms with E-state index in [9.17, 15) is 9.59 Å². The Morgan fingerprint density at radius 3 is 2.48 bits per heavy atom. The lowest BCUT2D eigenvalue weighted by atomic mass is 10.2. The fraction of sp³-hybridized carbons (Fsp3) is 0.667. The molecule has 0 saturated carbocycles. The van der Waals surface area contributed by atoms with E-state index in [1.54, 1.807) is 6.26 Å². The first kappa shape index (κ1) is 17.8. The molecule has 0 aliphatic carbocycles. The molecule has 2 fully saturated rings. The highest BCUT2D eigenvalue weighted by Gasteiger charge is 2.30. The largest absolute Gasteiger partial charge is 0.469 e. The first-order valence-electron chi connectivity index (χ1n) is 9.23. The lowest BCUT2D eigenvalue weighted by Crippen LogP contribution is -2.56. The van der Waals surface area contributed by atoms with Crippen LogP contribution >= 0.6 is 0 Å². The minimum Gasteiger partial charge on any atom is -0.469 e. The molecule has 138 valence electrons. The van der Waals surface area contributed by atoms with Gasteiger partial charge in [-0.15, -0.1) is 0 Å². The Balaban J connectivity index is 1.38. The van der Waals surface area contributed by atoms with E-state index < -0.39 is 0 Å². The Morgan fingerprint density at radius 1 is 1.12 bits per heavy atom. The normalized spacial score (nSPS) is 19.9. The highest BCUT2D eigenvalue weighted by atomic mass is 16.3. The Kier molecular flexibility index (Phi) is 5.96. The fourth-order valence-electron chi connectivity index (χ4n) is 3.53. The van der Waals surface area contributed by atoms with E-state index in [1.807, 2.05) is 28.9 Å². The van der Waals surface area contributed by atoms with Crippen molar-refractivity contribution < 1.29 is 14.0 Å². The molecule has 3 rings (SSSR count). The van der Waals surface area contributed by atoms with Crippen LogP contribution < -0.4 is 5.32 Å². The van der Waals surface area contributed by atoms with Crippen LogP contribution in [0.2, 0.25) is 0 Å². The first-order valence-corrected chi connectivity index (χ1v) is 9.23. The molecule has 2 aliphatic rings. The van der Waals surface area contributed by atoms with Gasteiger partial charge in [0.1, 0.15) is 5.76 Å². The summed E-state index contributed by atoms with van der Waals surface area (Å²) in [6.45, 7) is 7.13. The molecule has 1 N–H and O–H groups in total. The minimum absolute atomic E-state index is 0.0373. The molecule has 1 atom stereocenters. The monoisotopic (exact) mass is 348 g/mol. The van der Waals surface area contributed by atoms with E-state index >= 15 is 0 Å². The van der Waals surface area contributed by atoms with E-state index in [0.717, 1.165) is 44.8 Å². The van der Waals surface area contributed by atoms with Gasteiger partial charge in [0.25, 0.3) is 0 Å². The molecule has 7 heteroatoms. The smallest absolute Gasteiger partial charge is 0.317 e. The van der Waals surface area contributed by atoms with Gasteiger partial charge in [-0.2, -0.15) is 0 Å². The quantitative estimate of drug-likeness (QED) is 0.867. The van der Waals surface area contributed by atoms with Crippen LogP contribution in [0, 0.1) is 0 Å². The number of carbonyl (C=O) groups is 2. The van der Waals surface area contributed by atoms with E-state index in [0.29, 0.717) is 26.1 Å². The molecular weight excluding hydrogens is 320 g/mol. The standard InChI is InChI=1S/C18H28N4O3/c1-15(17(23)21-8-2-3-9-21)20-10-12-22(13-11-20)18(24)19-7-6-16-5-4-14-25-16/h4-5,14-15H,2-3,6-13H2,1H3,(H,19,24). The minimum atomic E-state index is -0.0951. The Morgan fingerprint density at radius 2 is 1.84 bits per heavy atom. The number of carbonyl (C=O) groups excluding carboxylic acids is 2. The van der Waals surface area contributed by atoms with Crippen LogP contribution in [-0.4, -0.2) is 78.5 Å². The van der Waals surface area contributed by atoms with Gasteiger partial charge in [-0.25, -0.2) is 4.79 Å². The lowest BCUT2D eigenvalue weighted by molar-refractivity contribution is -0.135. The molecule has 7 nitrogen and oxygen atoms in total. The van der Waals surface area contributed by atoms with Crippen molar-refractivity contribution in [1.29, 1.82) is 0 Å². The summed E-state index contributed by atoms with van der Waals surface area (Å²) >= 11 is 0. The zero-order valence-electron chi connectivity index (χ0n) is 14.9. The number of furan rings is 1. The van der Waals surface area contributed by atoms with Gasteiger partial charge in [0.2, 0.25) is 5.91 Å². The van der Waals surface area contributed by atoms with Gasteiger partial charge in [0.15, 0.2) is 0 Å².